The van der Waals surface area contributed by atoms with E-state index in [1.807, 2.05) is 0 Å². The number of fused-ring (bicyclic) bond motifs is 1. The van der Waals surface area contributed by atoms with Gasteiger partial charge in [0, 0.05) is 35.7 Å². The van der Waals surface area contributed by atoms with Gasteiger partial charge < -0.3 is 9.88 Å². The SMILES string of the molecule is CC(C)NCc1cn(C(C)C)c2ccccc12. The molecule has 0 aliphatic heterocycles. The standard InChI is InChI=1S/C15H22N2/c1-11(2)16-9-13-10-17(12(3)4)15-8-6-5-7-14(13)15/h5-8,10-12,16H,9H2,1-4H3. The quantitative estimate of drug-likeness (QED) is 0.847. The first-order chi connectivity index (χ1) is 8.09. The molecule has 2 nitrogen and oxygen atoms in total. The van der Waals surface area contributed by atoms with Gasteiger partial charge in [-0.3, -0.25) is 0 Å². The number of hydrogen-bond acceptors (Lipinski definition) is 1. The lowest BCUT2D eigenvalue weighted by molar-refractivity contribution is 0.583. The highest BCUT2D eigenvalue weighted by Gasteiger charge is 2.09. The van der Waals surface area contributed by atoms with Crippen LogP contribution in [-0.4, -0.2) is 10.6 Å². The monoisotopic (exact) mass is 230 g/mol. The number of nitrogens with zero attached hydrogens (tertiary/aromatic N) is 1. The lowest BCUT2D eigenvalue weighted by Crippen LogP contribution is -2.21. The molecule has 1 aromatic carbocycles. The number of hydrogen-bond donors (Lipinski definition) is 1. The second kappa shape index (κ2) is 4.92. The Morgan fingerprint density at radius 2 is 1.82 bits per heavy atom. The van der Waals surface area contributed by atoms with Crippen molar-refractivity contribution in [2.45, 2.75) is 46.3 Å². The number of nitrogens with one attached hydrogen (secondary N) is 1. The van der Waals surface area contributed by atoms with Crippen LogP contribution in [0, 0.1) is 0 Å². The molecular formula is C15H22N2. The molecule has 2 rings (SSSR count). The van der Waals surface area contributed by atoms with Crippen molar-refractivity contribution >= 4 is 10.9 Å². The maximum absolute atomic E-state index is 3.49. The van der Waals surface area contributed by atoms with Crippen molar-refractivity contribution in [3.63, 3.8) is 0 Å². The van der Waals surface area contributed by atoms with Crippen molar-refractivity contribution in [3.05, 3.63) is 36.0 Å². The minimum atomic E-state index is 0.507. The van der Waals surface area contributed by atoms with E-state index in [2.05, 4.69) is 68.0 Å². The lowest BCUT2D eigenvalue weighted by atomic mass is 10.1. The first kappa shape index (κ1) is 12.2. The summed E-state index contributed by atoms with van der Waals surface area (Å²) in [4.78, 5) is 0. The number of benzene rings is 1. The average Bonchev–Trinajstić information content (AvgIpc) is 2.65. The summed E-state index contributed by atoms with van der Waals surface area (Å²) in [5, 5.41) is 4.86. The van der Waals surface area contributed by atoms with E-state index >= 15 is 0 Å². The van der Waals surface area contributed by atoms with Gasteiger partial charge in [-0.15, -0.1) is 0 Å². The molecule has 1 aromatic heterocycles. The second-order valence-electron chi connectivity index (χ2n) is 5.21. The van der Waals surface area contributed by atoms with Gasteiger partial charge in [-0.05, 0) is 25.5 Å². The molecule has 2 aromatic rings. The Hall–Kier alpha value is -1.28. The van der Waals surface area contributed by atoms with Crippen LogP contribution < -0.4 is 5.32 Å². The van der Waals surface area contributed by atoms with Crippen LogP contribution in [-0.2, 0) is 6.54 Å². The van der Waals surface area contributed by atoms with Crippen molar-refractivity contribution < 1.29 is 0 Å². The van der Waals surface area contributed by atoms with Crippen LogP contribution in [0.15, 0.2) is 30.5 Å². The molecule has 0 amide bonds. The molecule has 0 radical (unpaired) electrons. The summed E-state index contributed by atoms with van der Waals surface area (Å²) in [6.07, 6.45) is 2.28. The van der Waals surface area contributed by atoms with E-state index in [9.17, 15) is 0 Å². The van der Waals surface area contributed by atoms with Crippen LogP contribution in [0.1, 0.15) is 39.3 Å². The molecule has 0 spiro atoms. The zero-order valence-corrected chi connectivity index (χ0v) is 11.2. The molecule has 0 saturated heterocycles. The lowest BCUT2D eigenvalue weighted by Gasteiger charge is -2.08. The smallest absolute Gasteiger partial charge is 0.0486 e. The van der Waals surface area contributed by atoms with Crippen molar-refractivity contribution in [2.75, 3.05) is 0 Å². The Labute approximate surface area is 104 Å². The summed E-state index contributed by atoms with van der Waals surface area (Å²) in [6.45, 7) is 9.76. The van der Waals surface area contributed by atoms with E-state index in [0.717, 1.165) is 6.54 Å². The molecule has 0 bridgehead atoms. The summed E-state index contributed by atoms with van der Waals surface area (Å²) in [7, 11) is 0. The van der Waals surface area contributed by atoms with Gasteiger partial charge >= 0.3 is 0 Å². The summed E-state index contributed by atoms with van der Waals surface area (Å²) < 4.78 is 2.35. The van der Waals surface area contributed by atoms with Gasteiger partial charge in [0.05, 0.1) is 0 Å². The fourth-order valence-electron chi connectivity index (χ4n) is 2.16. The topological polar surface area (TPSA) is 17.0 Å². The zero-order valence-electron chi connectivity index (χ0n) is 11.2. The molecule has 0 aliphatic rings. The zero-order chi connectivity index (χ0) is 12.4. The van der Waals surface area contributed by atoms with Gasteiger partial charge in [0.15, 0.2) is 0 Å². The van der Waals surface area contributed by atoms with Crippen LogP contribution >= 0.6 is 0 Å². The first-order valence-corrected chi connectivity index (χ1v) is 6.41. The maximum Gasteiger partial charge on any atom is 0.0486 e. The summed E-state index contributed by atoms with van der Waals surface area (Å²) in [5.41, 5.74) is 2.73. The van der Waals surface area contributed by atoms with E-state index in [1.54, 1.807) is 0 Å². The third kappa shape index (κ3) is 2.52. The molecular weight excluding hydrogens is 208 g/mol. The number of rotatable bonds is 4. The van der Waals surface area contributed by atoms with Crippen LogP contribution in [0.4, 0.5) is 0 Å². The molecule has 1 heterocycles. The van der Waals surface area contributed by atoms with Gasteiger partial charge in [-0.25, -0.2) is 0 Å². The summed E-state index contributed by atoms with van der Waals surface area (Å²) in [5.74, 6) is 0. The van der Waals surface area contributed by atoms with E-state index in [1.165, 1.54) is 16.5 Å². The molecule has 2 heteroatoms. The van der Waals surface area contributed by atoms with Crippen LogP contribution in [0.2, 0.25) is 0 Å². The summed E-state index contributed by atoms with van der Waals surface area (Å²) in [6, 6.07) is 9.68. The van der Waals surface area contributed by atoms with Crippen molar-refractivity contribution in [2.24, 2.45) is 0 Å². The highest BCUT2D eigenvalue weighted by atomic mass is 15.0. The number of aromatic nitrogens is 1. The van der Waals surface area contributed by atoms with Crippen molar-refractivity contribution in [1.82, 2.24) is 9.88 Å². The minimum absolute atomic E-state index is 0.507. The fourth-order valence-corrected chi connectivity index (χ4v) is 2.16. The first-order valence-electron chi connectivity index (χ1n) is 6.41. The Morgan fingerprint density at radius 1 is 1.12 bits per heavy atom. The molecule has 0 unspecified atom stereocenters. The van der Waals surface area contributed by atoms with Crippen LogP contribution in [0.5, 0.6) is 0 Å². The largest absolute Gasteiger partial charge is 0.345 e. The van der Waals surface area contributed by atoms with E-state index in [4.69, 9.17) is 0 Å². The third-order valence-corrected chi connectivity index (χ3v) is 3.08. The van der Waals surface area contributed by atoms with Crippen LogP contribution in [0.25, 0.3) is 10.9 Å². The van der Waals surface area contributed by atoms with Gasteiger partial charge in [-0.2, -0.15) is 0 Å². The van der Waals surface area contributed by atoms with Crippen molar-refractivity contribution in [3.8, 4) is 0 Å². The number of para-hydroxylation sites is 1. The second-order valence-corrected chi connectivity index (χ2v) is 5.21. The molecule has 0 aliphatic carbocycles. The highest BCUT2D eigenvalue weighted by molar-refractivity contribution is 5.84. The van der Waals surface area contributed by atoms with E-state index in [-0.39, 0.29) is 0 Å². The molecule has 92 valence electrons. The Bertz CT molecular complexity index is 495. The van der Waals surface area contributed by atoms with Gasteiger partial charge in [0.2, 0.25) is 0 Å². The van der Waals surface area contributed by atoms with E-state index < -0.39 is 0 Å². The molecule has 0 fully saturated rings. The Morgan fingerprint density at radius 3 is 2.47 bits per heavy atom. The molecule has 17 heavy (non-hydrogen) atoms. The molecule has 1 N–H and O–H groups in total. The Kier molecular flexibility index (Phi) is 3.53. The highest BCUT2D eigenvalue weighted by Crippen LogP contribution is 2.24. The van der Waals surface area contributed by atoms with Gasteiger partial charge in [0.25, 0.3) is 0 Å². The van der Waals surface area contributed by atoms with Crippen molar-refractivity contribution in [1.29, 1.82) is 0 Å². The normalized spacial score (nSPS) is 11.9. The Balaban J connectivity index is 2.42. The van der Waals surface area contributed by atoms with Gasteiger partial charge in [0.1, 0.15) is 0 Å². The minimum Gasteiger partial charge on any atom is -0.345 e. The third-order valence-electron chi connectivity index (χ3n) is 3.08. The van der Waals surface area contributed by atoms with Gasteiger partial charge in [-0.1, -0.05) is 32.0 Å². The predicted molar refractivity (Wildman–Crippen MR) is 74.3 cm³/mol. The van der Waals surface area contributed by atoms with E-state index in [0.29, 0.717) is 12.1 Å². The average molecular weight is 230 g/mol. The van der Waals surface area contributed by atoms with Crippen LogP contribution in [0.3, 0.4) is 0 Å². The fraction of sp³-hybridized carbons (Fsp3) is 0.467. The molecule has 0 atom stereocenters. The molecule has 0 saturated carbocycles. The predicted octanol–water partition coefficient (Wildman–Crippen LogP) is 3.72. The maximum atomic E-state index is 3.49. The summed E-state index contributed by atoms with van der Waals surface area (Å²) >= 11 is 0.